The molecule has 2 heteroatoms. The van der Waals surface area contributed by atoms with Gasteiger partial charge in [-0.25, -0.2) is 0 Å². The maximum Gasteiger partial charge on any atom is 0.119 e. The van der Waals surface area contributed by atoms with Crippen molar-refractivity contribution in [3.8, 4) is 5.75 Å². The fraction of sp³-hybridized carbons (Fsp3) is 0.538. The molecular formula is C13H17NO. The number of rotatable bonds is 1. The molecule has 3 rings (SSSR count). The number of nitrogens with one attached hydrogen (secondary N) is 1. The Bertz CT molecular complexity index is 371. The summed E-state index contributed by atoms with van der Waals surface area (Å²) in [6.07, 6.45) is 3.99. The molecule has 2 N–H and O–H groups in total. The molecule has 2 fully saturated rings. The number of phenolic OH excluding ortho intramolecular Hbond substituents is 1. The lowest BCUT2D eigenvalue weighted by atomic mass is 9.61. The van der Waals surface area contributed by atoms with Gasteiger partial charge in [0, 0.05) is 19.0 Å². The second-order valence-electron chi connectivity index (χ2n) is 4.96. The van der Waals surface area contributed by atoms with Crippen molar-refractivity contribution in [3.63, 3.8) is 0 Å². The summed E-state index contributed by atoms with van der Waals surface area (Å²) in [4.78, 5) is 0. The standard InChI is InChI=1S/C13H17NO/c15-12-5-2-1-4-10(12)11-8-14-9-13(11)6-3-7-13/h1-2,4-5,11,14-15H,3,6-9H2/t11-/m1/s1. The van der Waals surface area contributed by atoms with Crippen LogP contribution in [-0.2, 0) is 0 Å². The van der Waals surface area contributed by atoms with E-state index in [-0.39, 0.29) is 0 Å². The van der Waals surface area contributed by atoms with Crippen LogP contribution in [0.1, 0.15) is 30.7 Å². The van der Waals surface area contributed by atoms with Gasteiger partial charge in [-0.15, -0.1) is 0 Å². The van der Waals surface area contributed by atoms with Crippen molar-refractivity contribution < 1.29 is 5.11 Å². The minimum Gasteiger partial charge on any atom is -0.508 e. The summed E-state index contributed by atoms with van der Waals surface area (Å²) in [5, 5.41) is 13.4. The Hall–Kier alpha value is -1.02. The molecular weight excluding hydrogens is 186 g/mol. The number of benzene rings is 1. The van der Waals surface area contributed by atoms with Crippen LogP contribution in [0.2, 0.25) is 0 Å². The van der Waals surface area contributed by atoms with Gasteiger partial charge in [-0.2, -0.15) is 0 Å². The van der Waals surface area contributed by atoms with E-state index in [2.05, 4.69) is 11.4 Å². The zero-order valence-electron chi connectivity index (χ0n) is 8.87. The first kappa shape index (κ1) is 9.22. The molecule has 1 aliphatic heterocycles. The van der Waals surface area contributed by atoms with Gasteiger partial charge in [-0.3, -0.25) is 0 Å². The number of hydrogen-bond acceptors (Lipinski definition) is 2. The van der Waals surface area contributed by atoms with Gasteiger partial charge >= 0.3 is 0 Å². The maximum absolute atomic E-state index is 9.89. The van der Waals surface area contributed by atoms with Crippen LogP contribution in [0.5, 0.6) is 5.75 Å². The van der Waals surface area contributed by atoms with Crippen LogP contribution in [0.15, 0.2) is 24.3 Å². The molecule has 1 saturated carbocycles. The molecule has 0 unspecified atom stereocenters. The lowest BCUT2D eigenvalue weighted by molar-refractivity contribution is 0.135. The molecule has 0 aromatic heterocycles. The van der Waals surface area contributed by atoms with E-state index in [0.717, 1.165) is 18.7 Å². The van der Waals surface area contributed by atoms with Crippen LogP contribution in [0.25, 0.3) is 0 Å². The SMILES string of the molecule is Oc1ccccc1[C@H]1CNCC12CCC2. The first-order valence-corrected chi connectivity index (χ1v) is 5.80. The van der Waals surface area contributed by atoms with E-state index < -0.39 is 0 Å². The van der Waals surface area contributed by atoms with Crippen molar-refractivity contribution >= 4 is 0 Å². The maximum atomic E-state index is 9.89. The molecule has 0 amide bonds. The van der Waals surface area contributed by atoms with E-state index in [4.69, 9.17) is 0 Å². The van der Waals surface area contributed by atoms with Crippen molar-refractivity contribution in [3.05, 3.63) is 29.8 Å². The third-order valence-corrected chi connectivity index (χ3v) is 4.23. The van der Waals surface area contributed by atoms with Crippen LogP contribution < -0.4 is 5.32 Å². The first-order valence-electron chi connectivity index (χ1n) is 5.80. The number of phenols is 1. The normalized spacial score (nSPS) is 27.9. The zero-order chi connectivity index (χ0) is 10.3. The molecule has 1 aliphatic carbocycles. The molecule has 2 nitrogen and oxygen atoms in total. The van der Waals surface area contributed by atoms with E-state index in [1.54, 1.807) is 6.07 Å². The van der Waals surface area contributed by atoms with Gasteiger partial charge in [-0.05, 0) is 29.9 Å². The molecule has 15 heavy (non-hydrogen) atoms. The molecule has 1 spiro atoms. The van der Waals surface area contributed by atoms with Crippen molar-refractivity contribution in [1.82, 2.24) is 5.32 Å². The second kappa shape index (κ2) is 3.24. The predicted molar refractivity (Wildman–Crippen MR) is 60.0 cm³/mol. The van der Waals surface area contributed by atoms with Gasteiger partial charge in [0.15, 0.2) is 0 Å². The van der Waals surface area contributed by atoms with E-state index in [9.17, 15) is 5.11 Å². The summed E-state index contributed by atoms with van der Waals surface area (Å²) in [6.45, 7) is 2.16. The minimum atomic E-state index is 0.457. The summed E-state index contributed by atoms with van der Waals surface area (Å²) < 4.78 is 0. The first-order chi connectivity index (χ1) is 7.32. The highest BCUT2D eigenvalue weighted by molar-refractivity contribution is 5.38. The lowest BCUT2D eigenvalue weighted by Crippen LogP contribution is -2.36. The Morgan fingerprint density at radius 2 is 2.07 bits per heavy atom. The summed E-state index contributed by atoms with van der Waals surface area (Å²) >= 11 is 0. The number of para-hydroxylation sites is 1. The Morgan fingerprint density at radius 3 is 2.73 bits per heavy atom. The average Bonchev–Trinajstić information content (AvgIpc) is 2.62. The number of aromatic hydroxyl groups is 1. The molecule has 0 bridgehead atoms. The van der Waals surface area contributed by atoms with Crippen LogP contribution in [0.4, 0.5) is 0 Å². The molecule has 1 atom stereocenters. The third-order valence-electron chi connectivity index (χ3n) is 4.23. The Balaban J connectivity index is 1.96. The van der Waals surface area contributed by atoms with Crippen molar-refractivity contribution in [2.75, 3.05) is 13.1 Å². The summed E-state index contributed by atoms with van der Waals surface area (Å²) in [6, 6.07) is 7.81. The predicted octanol–water partition coefficient (Wildman–Crippen LogP) is 2.25. The highest BCUT2D eigenvalue weighted by atomic mass is 16.3. The average molecular weight is 203 g/mol. The van der Waals surface area contributed by atoms with Crippen LogP contribution >= 0.6 is 0 Å². The van der Waals surface area contributed by atoms with Crippen molar-refractivity contribution in [2.45, 2.75) is 25.2 Å². The molecule has 0 radical (unpaired) electrons. The zero-order valence-corrected chi connectivity index (χ0v) is 8.87. The summed E-state index contributed by atoms with van der Waals surface area (Å²) in [5.41, 5.74) is 1.60. The minimum absolute atomic E-state index is 0.457. The van der Waals surface area contributed by atoms with Crippen molar-refractivity contribution in [2.24, 2.45) is 5.41 Å². The quantitative estimate of drug-likeness (QED) is 0.733. The number of hydrogen-bond donors (Lipinski definition) is 2. The Morgan fingerprint density at radius 1 is 1.27 bits per heavy atom. The van der Waals surface area contributed by atoms with E-state index in [1.165, 1.54) is 19.3 Å². The highest BCUT2D eigenvalue weighted by Gasteiger charge is 2.48. The van der Waals surface area contributed by atoms with Crippen molar-refractivity contribution in [1.29, 1.82) is 0 Å². The molecule has 2 aliphatic rings. The lowest BCUT2D eigenvalue weighted by Gasteiger charge is -2.43. The Labute approximate surface area is 90.3 Å². The fourth-order valence-electron chi connectivity index (χ4n) is 3.18. The van der Waals surface area contributed by atoms with Gasteiger partial charge in [0.25, 0.3) is 0 Å². The van der Waals surface area contributed by atoms with Gasteiger partial charge in [0.2, 0.25) is 0 Å². The van der Waals surface area contributed by atoms with E-state index in [1.807, 2.05) is 12.1 Å². The van der Waals surface area contributed by atoms with Gasteiger partial charge in [0.05, 0.1) is 0 Å². The van der Waals surface area contributed by atoms with Gasteiger partial charge < -0.3 is 10.4 Å². The molecule has 1 aromatic rings. The van der Waals surface area contributed by atoms with Gasteiger partial charge in [0.1, 0.15) is 5.75 Å². The smallest absolute Gasteiger partial charge is 0.119 e. The third kappa shape index (κ3) is 1.28. The molecule has 80 valence electrons. The van der Waals surface area contributed by atoms with E-state index >= 15 is 0 Å². The molecule has 1 heterocycles. The topological polar surface area (TPSA) is 32.3 Å². The largest absolute Gasteiger partial charge is 0.508 e. The van der Waals surface area contributed by atoms with Crippen LogP contribution in [0.3, 0.4) is 0 Å². The van der Waals surface area contributed by atoms with E-state index in [0.29, 0.717) is 17.1 Å². The fourth-order valence-corrected chi connectivity index (χ4v) is 3.18. The highest BCUT2D eigenvalue weighted by Crippen LogP contribution is 2.54. The van der Waals surface area contributed by atoms with Crippen LogP contribution in [-0.4, -0.2) is 18.2 Å². The molecule has 1 saturated heterocycles. The van der Waals surface area contributed by atoms with Gasteiger partial charge in [-0.1, -0.05) is 24.6 Å². The summed E-state index contributed by atoms with van der Waals surface area (Å²) in [7, 11) is 0. The van der Waals surface area contributed by atoms with Crippen LogP contribution in [0, 0.1) is 5.41 Å². The monoisotopic (exact) mass is 203 g/mol. The Kier molecular flexibility index (Phi) is 1.99. The summed E-state index contributed by atoms with van der Waals surface area (Å²) in [5.74, 6) is 0.991. The molecule has 1 aromatic carbocycles. The second-order valence-corrected chi connectivity index (χ2v) is 4.96.